The van der Waals surface area contributed by atoms with Crippen LogP contribution < -0.4 is 10.5 Å². The summed E-state index contributed by atoms with van der Waals surface area (Å²) < 4.78 is 18.8. The molecule has 1 aliphatic carbocycles. The molecule has 1 aromatic carbocycles. The van der Waals surface area contributed by atoms with Crippen molar-refractivity contribution in [3.63, 3.8) is 0 Å². The quantitative estimate of drug-likeness (QED) is 0.939. The summed E-state index contributed by atoms with van der Waals surface area (Å²) in [4.78, 5) is 8.51. The number of benzene rings is 1. The van der Waals surface area contributed by atoms with E-state index in [0.29, 0.717) is 35.5 Å². The highest BCUT2D eigenvalue weighted by Crippen LogP contribution is 2.26. The van der Waals surface area contributed by atoms with Crippen LogP contribution in [0.2, 0.25) is 0 Å². The second kappa shape index (κ2) is 6.35. The summed E-state index contributed by atoms with van der Waals surface area (Å²) in [5.74, 6) is 0.837. The topological polar surface area (TPSA) is 61.0 Å². The molecule has 0 atom stereocenters. The minimum Gasteiger partial charge on any atom is -0.477 e. The summed E-state index contributed by atoms with van der Waals surface area (Å²) in [7, 11) is 0. The molecule has 0 aliphatic heterocycles. The maximum absolute atomic E-state index is 13.2. The Balaban J connectivity index is 1.55. The molecule has 1 fully saturated rings. The van der Waals surface area contributed by atoms with Gasteiger partial charge in [-0.3, -0.25) is 0 Å². The number of halogens is 1. The summed E-state index contributed by atoms with van der Waals surface area (Å²) in [6, 6.07) is 4.75. The molecule has 0 amide bonds. The third-order valence-electron chi connectivity index (χ3n) is 4.15. The average Bonchev–Trinajstić information content (AvgIpc) is 2.49. The van der Waals surface area contributed by atoms with Crippen molar-refractivity contribution in [2.45, 2.75) is 38.1 Å². The molecule has 2 N–H and O–H groups in total. The summed E-state index contributed by atoms with van der Waals surface area (Å²) >= 11 is 0. The lowest BCUT2D eigenvalue weighted by molar-refractivity contribution is 0.232. The maximum atomic E-state index is 13.2. The van der Waals surface area contributed by atoms with E-state index in [1.807, 2.05) is 0 Å². The van der Waals surface area contributed by atoms with Crippen LogP contribution in [-0.4, -0.2) is 22.6 Å². The second-order valence-corrected chi connectivity index (χ2v) is 5.76. The Morgan fingerprint density at radius 3 is 2.81 bits per heavy atom. The van der Waals surface area contributed by atoms with Gasteiger partial charge in [0.2, 0.25) is 5.88 Å². The van der Waals surface area contributed by atoms with Gasteiger partial charge in [-0.25, -0.2) is 14.4 Å². The van der Waals surface area contributed by atoms with Crippen LogP contribution in [-0.2, 0) is 0 Å². The van der Waals surface area contributed by atoms with Crippen LogP contribution in [0.25, 0.3) is 11.0 Å². The van der Waals surface area contributed by atoms with Crippen LogP contribution in [0.15, 0.2) is 24.4 Å². The summed E-state index contributed by atoms with van der Waals surface area (Å²) in [6.45, 7) is 0.620. The largest absolute Gasteiger partial charge is 0.477 e. The molecule has 1 aromatic heterocycles. The first-order valence-corrected chi connectivity index (χ1v) is 7.51. The molecule has 1 aliphatic rings. The zero-order chi connectivity index (χ0) is 14.7. The molecule has 0 spiro atoms. The number of ether oxygens (including phenoxy) is 1. The van der Waals surface area contributed by atoms with Gasteiger partial charge in [-0.15, -0.1) is 0 Å². The minimum absolute atomic E-state index is 0.313. The molecule has 21 heavy (non-hydrogen) atoms. The van der Waals surface area contributed by atoms with E-state index in [0.717, 1.165) is 19.3 Å². The minimum atomic E-state index is -0.313. The zero-order valence-electron chi connectivity index (χ0n) is 12.0. The van der Waals surface area contributed by atoms with Crippen molar-refractivity contribution in [2.24, 2.45) is 11.7 Å². The lowest BCUT2D eigenvalue weighted by Crippen LogP contribution is -2.27. The molecule has 5 heteroatoms. The van der Waals surface area contributed by atoms with E-state index in [1.54, 1.807) is 12.3 Å². The summed E-state index contributed by atoms with van der Waals surface area (Å²) in [5.41, 5.74) is 7.10. The van der Waals surface area contributed by atoms with Crippen molar-refractivity contribution < 1.29 is 9.13 Å². The van der Waals surface area contributed by atoms with Gasteiger partial charge in [-0.05, 0) is 50.2 Å². The van der Waals surface area contributed by atoms with Crippen LogP contribution in [0.1, 0.15) is 32.1 Å². The fourth-order valence-corrected chi connectivity index (χ4v) is 2.84. The predicted molar refractivity (Wildman–Crippen MR) is 79.5 cm³/mol. The highest BCUT2D eigenvalue weighted by Gasteiger charge is 2.18. The Kier molecular flexibility index (Phi) is 4.29. The van der Waals surface area contributed by atoms with Gasteiger partial charge in [0.1, 0.15) is 5.82 Å². The molecule has 0 radical (unpaired) electrons. The van der Waals surface area contributed by atoms with E-state index in [9.17, 15) is 4.39 Å². The Bertz CT molecular complexity index is 611. The SMILES string of the molecule is N[C@H]1CC[C@H](CCOc2cnc3ccc(F)cc3n2)CC1. The van der Waals surface area contributed by atoms with Gasteiger partial charge in [0, 0.05) is 12.1 Å². The van der Waals surface area contributed by atoms with E-state index in [2.05, 4.69) is 9.97 Å². The average molecular weight is 289 g/mol. The number of rotatable bonds is 4. The first kappa shape index (κ1) is 14.2. The first-order valence-electron chi connectivity index (χ1n) is 7.51. The van der Waals surface area contributed by atoms with Crippen molar-refractivity contribution in [1.82, 2.24) is 9.97 Å². The standard InChI is InChI=1S/C16H20FN3O/c17-12-3-6-14-15(9-12)20-16(10-19-14)21-8-7-11-1-4-13(18)5-2-11/h3,6,9-11,13H,1-2,4-5,7-8,18H2/t11-,13-. The van der Waals surface area contributed by atoms with Gasteiger partial charge in [0.25, 0.3) is 0 Å². The molecule has 3 rings (SSSR count). The molecule has 1 heterocycles. The molecule has 112 valence electrons. The fourth-order valence-electron chi connectivity index (χ4n) is 2.84. The molecule has 2 aromatic rings. The van der Waals surface area contributed by atoms with Crippen molar-refractivity contribution in [3.8, 4) is 5.88 Å². The summed E-state index contributed by atoms with van der Waals surface area (Å²) in [6.07, 6.45) is 7.18. The third-order valence-corrected chi connectivity index (χ3v) is 4.15. The molecular formula is C16H20FN3O. The number of nitrogens with two attached hydrogens (primary N) is 1. The monoisotopic (exact) mass is 289 g/mol. The van der Waals surface area contributed by atoms with Crippen LogP contribution in [0.5, 0.6) is 5.88 Å². The van der Waals surface area contributed by atoms with Crippen LogP contribution in [0, 0.1) is 11.7 Å². The normalized spacial score (nSPS) is 22.4. The highest BCUT2D eigenvalue weighted by molar-refractivity contribution is 5.74. The lowest BCUT2D eigenvalue weighted by Gasteiger charge is -2.25. The summed E-state index contributed by atoms with van der Waals surface area (Å²) in [5, 5.41) is 0. The lowest BCUT2D eigenvalue weighted by atomic mass is 9.85. The molecular weight excluding hydrogens is 269 g/mol. The van der Waals surface area contributed by atoms with Crippen LogP contribution >= 0.6 is 0 Å². The third kappa shape index (κ3) is 3.67. The Morgan fingerprint density at radius 1 is 1.19 bits per heavy atom. The van der Waals surface area contributed by atoms with Gasteiger partial charge in [0.15, 0.2) is 0 Å². The zero-order valence-corrected chi connectivity index (χ0v) is 12.0. The maximum Gasteiger partial charge on any atom is 0.232 e. The Labute approximate surface area is 123 Å². The van der Waals surface area contributed by atoms with Gasteiger partial charge in [0.05, 0.1) is 23.8 Å². The van der Waals surface area contributed by atoms with Gasteiger partial charge in [-0.2, -0.15) is 0 Å². The first-order chi connectivity index (χ1) is 10.2. The molecule has 0 saturated heterocycles. The smallest absolute Gasteiger partial charge is 0.232 e. The van der Waals surface area contributed by atoms with Gasteiger partial charge < -0.3 is 10.5 Å². The van der Waals surface area contributed by atoms with E-state index >= 15 is 0 Å². The fraction of sp³-hybridized carbons (Fsp3) is 0.500. The Hall–Kier alpha value is -1.75. The molecule has 0 unspecified atom stereocenters. The van der Waals surface area contributed by atoms with E-state index in [-0.39, 0.29) is 5.82 Å². The highest BCUT2D eigenvalue weighted by atomic mass is 19.1. The van der Waals surface area contributed by atoms with Crippen molar-refractivity contribution in [3.05, 3.63) is 30.2 Å². The number of fused-ring (bicyclic) bond motifs is 1. The van der Waals surface area contributed by atoms with Crippen molar-refractivity contribution in [2.75, 3.05) is 6.61 Å². The molecule has 1 saturated carbocycles. The van der Waals surface area contributed by atoms with Gasteiger partial charge >= 0.3 is 0 Å². The number of hydrogen-bond donors (Lipinski definition) is 1. The van der Waals surface area contributed by atoms with Gasteiger partial charge in [-0.1, -0.05) is 0 Å². The van der Waals surface area contributed by atoms with Crippen LogP contribution in [0.3, 0.4) is 0 Å². The predicted octanol–water partition coefficient (Wildman–Crippen LogP) is 3.06. The van der Waals surface area contributed by atoms with E-state index < -0.39 is 0 Å². The van der Waals surface area contributed by atoms with Crippen molar-refractivity contribution in [1.29, 1.82) is 0 Å². The van der Waals surface area contributed by atoms with E-state index in [1.165, 1.54) is 25.0 Å². The molecule has 0 bridgehead atoms. The number of aromatic nitrogens is 2. The van der Waals surface area contributed by atoms with Crippen molar-refractivity contribution >= 4 is 11.0 Å². The number of nitrogens with zero attached hydrogens (tertiary/aromatic N) is 2. The van der Waals surface area contributed by atoms with E-state index in [4.69, 9.17) is 10.5 Å². The van der Waals surface area contributed by atoms with Crippen LogP contribution in [0.4, 0.5) is 4.39 Å². The molecule has 4 nitrogen and oxygen atoms in total. The number of hydrogen-bond acceptors (Lipinski definition) is 4. The second-order valence-electron chi connectivity index (χ2n) is 5.76. The Morgan fingerprint density at radius 2 is 2.00 bits per heavy atom.